The Balaban J connectivity index is 1.82. The minimum Gasteiger partial charge on any atom is -0.497 e. The van der Waals surface area contributed by atoms with Crippen LogP contribution in [0, 0.1) is 0 Å². The molecule has 1 aliphatic carbocycles. The monoisotopic (exact) mass is 290 g/mol. The second-order valence-electron chi connectivity index (χ2n) is 5.85. The molecule has 4 heteroatoms. The summed E-state index contributed by atoms with van der Waals surface area (Å²) in [5, 5.41) is 0. The molecule has 1 aromatic carbocycles. The van der Waals surface area contributed by atoms with E-state index in [4.69, 9.17) is 14.2 Å². The average molecular weight is 290 g/mol. The zero-order valence-corrected chi connectivity index (χ0v) is 12.7. The summed E-state index contributed by atoms with van der Waals surface area (Å²) in [4.78, 5) is 12.6. The molecule has 1 atom stereocenters. The van der Waals surface area contributed by atoms with E-state index in [1.54, 1.807) is 7.11 Å². The Morgan fingerprint density at radius 2 is 2.00 bits per heavy atom. The third kappa shape index (κ3) is 2.13. The van der Waals surface area contributed by atoms with Crippen LogP contribution in [0.5, 0.6) is 5.75 Å². The van der Waals surface area contributed by atoms with Gasteiger partial charge in [-0.25, -0.2) is 4.79 Å². The molecular formula is C17H22O4. The van der Waals surface area contributed by atoms with E-state index in [9.17, 15) is 4.79 Å². The first-order chi connectivity index (χ1) is 10.2. The van der Waals surface area contributed by atoms with Gasteiger partial charge >= 0.3 is 5.97 Å². The van der Waals surface area contributed by atoms with Crippen molar-refractivity contribution in [2.24, 2.45) is 0 Å². The molecule has 0 bridgehead atoms. The number of rotatable bonds is 6. The van der Waals surface area contributed by atoms with Gasteiger partial charge in [-0.15, -0.1) is 0 Å². The molecule has 0 aromatic heterocycles. The summed E-state index contributed by atoms with van der Waals surface area (Å²) in [6.45, 7) is 2.54. The normalized spacial score (nSPS) is 25.2. The number of carbonyl (C=O) groups is 1. The Bertz CT molecular complexity index is 518. The number of hydrogen-bond donors (Lipinski definition) is 0. The van der Waals surface area contributed by atoms with Crippen LogP contribution in [0.2, 0.25) is 0 Å². The first-order valence-corrected chi connectivity index (χ1v) is 7.70. The lowest BCUT2D eigenvalue weighted by Crippen LogP contribution is -2.38. The first-order valence-electron chi connectivity index (χ1n) is 7.70. The Kier molecular flexibility index (Phi) is 3.66. The number of methoxy groups -OCH3 is 1. The van der Waals surface area contributed by atoms with Gasteiger partial charge in [0.25, 0.3) is 0 Å². The molecule has 21 heavy (non-hydrogen) atoms. The molecule has 0 radical (unpaired) electrons. The largest absolute Gasteiger partial charge is 0.497 e. The van der Waals surface area contributed by atoms with Gasteiger partial charge in [0.2, 0.25) is 5.60 Å². The Morgan fingerprint density at radius 3 is 2.48 bits per heavy atom. The van der Waals surface area contributed by atoms with Crippen molar-refractivity contribution in [1.82, 2.24) is 0 Å². The fourth-order valence-corrected chi connectivity index (χ4v) is 3.12. The topological polar surface area (TPSA) is 48.1 Å². The maximum Gasteiger partial charge on any atom is 0.346 e. The molecule has 3 rings (SSSR count). The van der Waals surface area contributed by atoms with Crippen LogP contribution in [0.4, 0.5) is 0 Å². The van der Waals surface area contributed by atoms with Crippen LogP contribution in [0.15, 0.2) is 24.3 Å². The van der Waals surface area contributed by atoms with Crippen molar-refractivity contribution in [1.29, 1.82) is 0 Å². The van der Waals surface area contributed by atoms with E-state index in [-0.39, 0.29) is 11.6 Å². The summed E-state index contributed by atoms with van der Waals surface area (Å²) < 4.78 is 16.6. The number of carbonyl (C=O) groups excluding carboxylic acids is 1. The van der Waals surface area contributed by atoms with E-state index in [1.807, 2.05) is 24.3 Å². The van der Waals surface area contributed by atoms with Crippen molar-refractivity contribution in [2.45, 2.75) is 50.2 Å². The molecule has 1 aromatic rings. The summed E-state index contributed by atoms with van der Waals surface area (Å²) in [5.41, 5.74) is -0.319. The highest BCUT2D eigenvalue weighted by Gasteiger charge is 2.78. The maximum absolute atomic E-state index is 12.6. The number of esters is 1. The lowest BCUT2D eigenvalue weighted by molar-refractivity contribution is -0.150. The van der Waals surface area contributed by atoms with Crippen molar-refractivity contribution in [3.8, 4) is 5.75 Å². The Hall–Kier alpha value is -1.55. The molecule has 2 fully saturated rings. The second kappa shape index (κ2) is 5.34. The van der Waals surface area contributed by atoms with E-state index in [1.165, 1.54) is 0 Å². The van der Waals surface area contributed by atoms with E-state index in [0.29, 0.717) is 6.61 Å². The number of benzene rings is 1. The lowest BCUT2D eigenvalue weighted by Gasteiger charge is -2.26. The first kappa shape index (κ1) is 14.4. The van der Waals surface area contributed by atoms with Crippen molar-refractivity contribution in [3.05, 3.63) is 29.8 Å². The van der Waals surface area contributed by atoms with Crippen molar-refractivity contribution in [3.63, 3.8) is 0 Å². The third-order valence-electron chi connectivity index (χ3n) is 4.62. The molecule has 1 aliphatic heterocycles. The molecule has 1 saturated carbocycles. The molecule has 4 nitrogen and oxygen atoms in total. The van der Waals surface area contributed by atoms with Crippen LogP contribution in [0.1, 0.15) is 44.6 Å². The van der Waals surface area contributed by atoms with Crippen LogP contribution in [0.3, 0.4) is 0 Å². The zero-order chi connectivity index (χ0) is 14.9. The summed E-state index contributed by atoms with van der Waals surface area (Å²) in [5.74, 6) is 0.539. The molecule has 114 valence electrons. The minimum atomic E-state index is -0.884. The van der Waals surface area contributed by atoms with E-state index in [2.05, 4.69) is 6.92 Å². The van der Waals surface area contributed by atoms with Crippen LogP contribution >= 0.6 is 0 Å². The van der Waals surface area contributed by atoms with E-state index < -0.39 is 5.60 Å². The van der Waals surface area contributed by atoms with Crippen LogP contribution < -0.4 is 4.74 Å². The second-order valence-corrected chi connectivity index (χ2v) is 5.85. The average Bonchev–Trinajstić information content (AvgIpc) is 3.20. The van der Waals surface area contributed by atoms with E-state index in [0.717, 1.165) is 43.4 Å². The number of ether oxygens (including phenoxy) is 3. The highest BCUT2D eigenvalue weighted by Crippen LogP contribution is 2.66. The predicted molar refractivity (Wildman–Crippen MR) is 78.2 cm³/mol. The number of hydrogen-bond acceptors (Lipinski definition) is 4. The quantitative estimate of drug-likeness (QED) is 0.458. The molecular weight excluding hydrogens is 268 g/mol. The molecule has 1 spiro atoms. The van der Waals surface area contributed by atoms with Crippen LogP contribution in [0.25, 0.3) is 0 Å². The van der Waals surface area contributed by atoms with Gasteiger partial charge in [-0.2, -0.15) is 0 Å². The zero-order valence-electron chi connectivity index (χ0n) is 12.7. The van der Waals surface area contributed by atoms with Gasteiger partial charge in [-0.3, -0.25) is 0 Å². The van der Waals surface area contributed by atoms with Crippen molar-refractivity contribution in [2.75, 3.05) is 13.7 Å². The molecule has 2 aliphatic rings. The Labute approximate surface area is 125 Å². The SMILES string of the molecule is CCCCOC(=O)C1(c2ccc(OC)cc2)OC12CCC2. The van der Waals surface area contributed by atoms with Gasteiger partial charge in [0, 0.05) is 0 Å². The van der Waals surface area contributed by atoms with Crippen LogP contribution in [-0.4, -0.2) is 25.3 Å². The van der Waals surface area contributed by atoms with E-state index >= 15 is 0 Å². The summed E-state index contributed by atoms with van der Waals surface area (Å²) in [7, 11) is 1.63. The number of epoxide rings is 1. The highest BCUT2D eigenvalue weighted by molar-refractivity contribution is 5.87. The fourth-order valence-electron chi connectivity index (χ4n) is 3.12. The highest BCUT2D eigenvalue weighted by atomic mass is 16.7. The molecule has 1 heterocycles. The standard InChI is InChI=1S/C17H22O4/c1-3-4-12-20-15(18)17(16(21-17)10-5-11-16)13-6-8-14(19-2)9-7-13/h6-9H,3-5,10-12H2,1-2H3. The summed E-state index contributed by atoms with van der Waals surface area (Å²) in [6.07, 6.45) is 4.87. The Morgan fingerprint density at radius 1 is 1.29 bits per heavy atom. The number of unbranched alkanes of at least 4 members (excludes halogenated alkanes) is 1. The maximum atomic E-state index is 12.6. The molecule has 1 saturated heterocycles. The summed E-state index contributed by atoms with van der Waals surface area (Å²) in [6, 6.07) is 7.55. The lowest BCUT2D eigenvalue weighted by atomic mass is 9.73. The molecule has 0 N–H and O–H groups in total. The smallest absolute Gasteiger partial charge is 0.346 e. The minimum absolute atomic E-state index is 0.235. The van der Waals surface area contributed by atoms with Crippen molar-refractivity contribution >= 4 is 5.97 Å². The third-order valence-corrected chi connectivity index (χ3v) is 4.62. The molecule has 0 amide bonds. The predicted octanol–water partition coefficient (Wildman–Crippen LogP) is 3.19. The van der Waals surface area contributed by atoms with Gasteiger partial charge in [0.1, 0.15) is 11.4 Å². The van der Waals surface area contributed by atoms with Gasteiger partial charge in [-0.1, -0.05) is 25.5 Å². The van der Waals surface area contributed by atoms with Gasteiger partial charge in [0.15, 0.2) is 0 Å². The van der Waals surface area contributed by atoms with Gasteiger partial charge < -0.3 is 14.2 Å². The fraction of sp³-hybridized carbons (Fsp3) is 0.588. The summed E-state index contributed by atoms with van der Waals surface area (Å²) >= 11 is 0. The van der Waals surface area contributed by atoms with Gasteiger partial charge in [0.05, 0.1) is 13.7 Å². The van der Waals surface area contributed by atoms with Crippen molar-refractivity contribution < 1.29 is 19.0 Å². The molecule has 1 unspecified atom stereocenters. The van der Waals surface area contributed by atoms with Gasteiger partial charge in [-0.05, 0) is 43.4 Å². The van der Waals surface area contributed by atoms with Crippen LogP contribution in [-0.2, 0) is 19.9 Å².